The van der Waals surface area contributed by atoms with Crippen LogP contribution >= 0.6 is 0 Å². The number of H-pyrrole nitrogens is 1. The lowest BCUT2D eigenvalue weighted by molar-refractivity contribution is 0.982. The molecule has 2 rings (SSSR count). The number of aryl methyl sites for hydroxylation is 3. The smallest absolute Gasteiger partial charge is 0.106 e. The van der Waals surface area contributed by atoms with Crippen LogP contribution in [0.4, 0.5) is 5.69 Å². The van der Waals surface area contributed by atoms with Crippen LogP contribution in [0.1, 0.15) is 24.0 Å². The van der Waals surface area contributed by atoms with Gasteiger partial charge in [-0.15, -0.1) is 0 Å². The van der Waals surface area contributed by atoms with Crippen LogP contribution in [0.3, 0.4) is 0 Å². The average molecular weight is 215 g/mol. The van der Waals surface area contributed by atoms with Crippen LogP contribution in [0.25, 0.3) is 11.3 Å². The van der Waals surface area contributed by atoms with E-state index < -0.39 is 0 Å². The van der Waals surface area contributed by atoms with Crippen LogP contribution < -0.4 is 5.73 Å². The minimum atomic E-state index is 0.818. The molecule has 1 aromatic heterocycles. The Morgan fingerprint density at radius 2 is 2.06 bits per heavy atom. The fourth-order valence-electron chi connectivity index (χ4n) is 1.76. The molecule has 1 aromatic carbocycles. The van der Waals surface area contributed by atoms with Gasteiger partial charge in [0, 0.05) is 23.4 Å². The number of nitrogens with one attached hydrogen (secondary N) is 1. The lowest BCUT2D eigenvalue weighted by atomic mass is 10.1. The van der Waals surface area contributed by atoms with Crippen LogP contribution in [0.15, 0.2) is 18.2 Å². The predicted molar refractivity (Wildman–Crippen MR) is 67.3 cm³/mol. The Labute approximate surface area is 95.7 Å². The standard InChI is InChI=1S/C13H17N3/c1-4-12-15-9(3)13(16-12)10-6-5-8(2)11(14)7-10/h5-7H,4,14H2,1-3H3,(H,15,16). The molecule has 3 heteroatoms. The van der Waals surface area contributed by atoms with Crippen LogP contribution in [-0.4, -0.2) is 9.97 Å². The Bertz CT molecular complexity index is 512. The van der Waals surface area contributed by atoms with Crippen LogP contribution in [0.5, 0.6) is 0 Å². The van der Waals surface area contributed by atoms with Crippen molar-refractivity contribution in [3.63, 3.8) is 0 Å². The maximum atomic E-state index is 5.91. The maximum Gasteiger partial charge on any atom is 0.106 e. The number of nitrogens with zero attached hydrogens (tertiary/aromatic N) is 1. The summed E-state index contributed by atoms with van der Waals surface area (Å²) in [4.78, 5) is 7.83. The minimum absolute atomic E-state index is 0.818. The molecule has 0 fully saturated rings. The van der Waals surface area contributed by atoms with E-state index in [4.69, 9.17) is 5.73 Å². The van der Waals surface area contributed by atoms with E-state index in [1.165, 1.54) is 0 Å². The Morgan fingerprint density at radius 1 is 1.31 bits per heavy atom. The first kappa shape index (κ1) is 10.7. The molecular formula is C13H17N3. The van der Waals surface area contributed by atoms with Crippen LogP contribution in [0, 0.1) is 13.8 Å². The molecule has 16 heavy (non-hydrogen) atoms. The molecule has 0 saturated heterocycles. The third-order valence-electron chi connectivity index (χ3n) is 2.82. The van der Waals surface area contributed by atoms with Gasteiger partial charge in [0.05, 0.1) is 5.69 Å². The van der Waals surface area contributed by atoms with Crippen molar-refractivity contribution in [1.82, 2.24) is 9.97 Å². The van der Waals surface area contributed by atoms with E-state index in [0.29, 0.717) is 0 Å². The second-order valence-corrected chi connectivity index (χ2v) is 4.08. The summed E-state index contributed by atoms with van der Waals surface area (Å²) in [6.45, 7) is 6.14. The summed E-state index contributed by atoms with van der Waals surface area (Å²) in [5.74, 6) is 1.02. The monoisotopic (exact) mass is 215 g/mol. The molecule has 0 bridgehead atoms. The van der Waals surface area contributed by atoms with Crippen molar-refractivity contribution in [3.8, 4) is 11.3 Å². The molecule has 0 amide bonds. The molecule has 0 saturated carbocycles. The van der Waals surface area contributed by atoms with Crippen molar-refractivity contribution in [3.05, 3.63) is 35.3 Å². The van der Waals surface area contributed by atoms with Crippen molar-refractivity contribution >= 4 is 5.69 Å². The number of imidazole rings is 1. The number of anilines is 1. The highest BCUT2D eigenvalue weighted by Crippen LogP contribution is 2.24. The molecule has 84 valence electrons. The molecule has 2 aromatic rings. The van der Waals surface area contributed by atoms with E-state index in [-0.39, 0.29) is 0 Å². The molecular weight excluding hydrogens is 198 g/mol. The second-order valence-electron chi connectivity index (χ2n) is 4.08. The molecule has 0 aliphatic carbocycles. The first-order valence-electron chi connectivity index (χ1n) is 5.53. The van der Waals surface area contributed by atoms with Crippen molar-refractivity contribution in [2.24, 2.45) is 0 Å². The Morgan fingerprint density at radius 3 is 2.62 bits per heavy atom. The SMILES string of the molecule is CCc1nc(-c2ccc(C)c(N)c2)c(C)[nH]1. The molecule has 0 aliphatic heterocycles. The molecule has 0 spiro atoms. The highest BCUT2D eigenvalue weighted by atomic mass is 14.9. The lowest BCUT2D eigenvalue weighted by Gasteiger charge is -2.03. The molecule has 0 atom stereocenters. The number of benzene rings is 1. The lowest BCUT2D eigenvalue weighted by Crippen LogP contribution is -1.90. The third kappa shape index (κ3) is 1.81. The van der Waals surface area contributed by atoms with Crippen LogP contribution in [0.2, 0.25) is 0 Å². The zero-order valence-corrected chi connectivity index (χ0v) is 9.96. The van der Waals surface area contributed by atoms with E-state index in [0.717, 1.165) is 40.4 Å². The quantitative estimate of drug-likeness (QED) is 0.757. The van der Waals surface area contributed by atoms with Gasteiger partial charge in [0.1, 0.15) is 5.82 Å². The fourth-order valence-corrected chi connectivity index (χ4v) is 1.76. The summed E-state index contributed by atoms with van der Waals surface area (Å²) in [5, 5.41) is 0. The Hall–Kier alpha value is -1.77. The van der Waals surface area contributed by atoms with Crippen LogP contribution in [-0.2, 0) is 6.42 Å². The maximum absolute atomic E-state index is 5.91. The largest absolute Gasteiger partial charge is 0.398 e. The number of hydrogen-bond acceptors (Lipinski definition) is 2. The first-order chi connectivity index (χ1) is 7.61. The van der Waals surface area contributed by atoms with E-state index in [1.807, 2.05) is 26.0 Å². The summed E-state index contributed by atoms with van der Waals surface area (Å²) in [6, 6.07) is 6.08. The molecule has 0 radical (unpaired) electrons. The van der Waals surface area contributed by atoms with Gasteiger partial charge < -0.3 is 10.7 Å². The molecule has 3 nitrogen and oxygen atoms in total. The highest BCUT2D eigenvalue weighted by Gasteiger charge is 2.08. The number of hydrogen-bond donors (Lipinski definition) is 2. The molecule has 1 heterocycles. The molecule has 0 unspecified atom stereocenters. The first-order valence-corrected chi connectivity index (χ1v) is 5.53. The van der Waals surface area contributed by atoms with Gasteiger partial charge in [-0.3, -0.25) is 0 Å². The third-order valence-corrected chi connectivity index (χ3v) is 2.82. The minimum Gasteiger partial charge on any atom is -0.398 e. The van der Waals surface area contributed by atoms with E-state index in [9.17, 15) is 0 Å². The molecule has 3 N–H and O–H groups in total. The van der Waals surface area contributed by atoms with Crippen molar-refractivity contribution < 1.29 is 0 Å². The van der Waals surface area contributed by atoms with Gasteiger partial charge in [0.15, 0.2) is 0 Å². The van der Waals surface area contributed by atoms with E-state index >= 15 is 0 Å². The van der Waals surface area contributed by atoms with Gasteiger partial charge in [-0.05, 0) is 25.5 Å². The molecule has 0 aliphatic rings. The number of nitrogens with two attached hydrogens (primary N) is 1. The summed E-state index contributed by atoms with van der Waals surface area (Å²) in [5.41, 5.74) is 11.0. The zero-order chi connectivity index (χ0) is 11.7. The van der Waals surface area contributed by atoms with Gasteiger partial charge in [-0.2, -0.15) is 0 Å². The highest BCUT2D eigenvalue weighted by molar-refractivity contribution is 5.67. The number of nitrogen functional groups attached to an aromatic ring is 1. The van der Waals surface area contributed by atoms with E-state index in [1.54, 1.807) is 0 Å². The van der Waals surface area contributed by atoms with Gasteiger partial charge >= 0.3 is 0 Å². The van der Waals surface area contributed by atoms with Gasteiger partial charge in [-0.1, -0.05) is 19.1 Å². The van der Waals surface area contributed by atoms with Crippen molar-refractivity contribution in [1.29, 1.82) is 0 Å². The normalized spacial score (nSPS) is 10.7. The average Bonchev–Trinajstić information content (AvgIpc) is 2.64. The van der Waals surface area contributed by atoms with Crippen molar-refractivity contribution in [2.75, 3.05) is 5.73 Å². The fraction of sp³-hybridized carbons (Fsp3) is 0.308. The topological polar surface area (TPSA) is 54.7 Å². The van der Waals surface area contributed by atoms with Gasteiger partial charge in [0.2, 0.25) is 0 Å². The summed E-state index contributed by atoms with van der Waals surface area (Å²) < 4.78 is 0. The van der Waals surface area contributed by atoms with Gasteiger partial charge in [-0.25, -0.2) is 4.98 Å². The zero-order valence-electron chi connectivity index (χ0n) is 9.96. The number of rotatable bonds is 2. The second kappa shape index (κ2) is 4.00. The summed E-state index contributed by atoms with van der Waals surface area (Å²) in [6.07, 6.45) is 0.919. The van der Waals surface area contributed by atoms with E-state index in [2.05, 4.69) is 23.0 Å². The summed E-state index contributed by atoms with van der Waals surface area (Å²) in [7, 11) is 0. The predicted octanol–water partition coefficient (Wildman–Crippen LogP) is 2.84. The Kier molecular flexibility index (Phi) is 2.69. The van der Waals surface area contributed by atoms with Crippen molar-refractivity contribution in [2.45, 2.75) is 27.2 Å². The Balaban J connectivity index is 2.49. The van der Waals surface area contributed by atoms with Gasteiger partial charge in [0.25, 0.3) is 0 Å². The number of aromatic nitrogens is 2. The number of aromatic amines is 1. The summed E-state index contributed by atoms with van der Waals surface area (Å²) >= 11 is 0.